The van der Waals surface area contributed by atoms with E-state index >= 15 is 0 Å². The van der Waals surface area contributed by atoms with Gasteiger partial charge in [-0.3, -0.25) is 0 Å². The van der Waals surface area contributed by atoms with Crippen LogP contribution >= 0.6 is 11.3 Å². The number of rotatable bonds is 3. The summed E-state index contributed by atoms with van der Waals surface area (Å²) in [5.41, 5.74) is 5.55. The summed E-state index contributed by atoms with van der Waals surface area (Å²) in [6, 6.07) is 29.0. The maximum absolute atomic E-state index is 2.47. The lowest BCUT2D eigenvalue weighted by molar-refractivity contribution is -0.659. The summed E-state index contributed by atoms with van der Waals surface area (Å²) in [5.74, 6) is 0. The van der Waals surface area contributed by atoms with E-state index in [1.165, 1.54) is 70.1 Å². The van der Waals surface area contributed by atoms with Crippen molar-refractivity contribution in [1.82, 2.24) is 0 Å². The van der Waals surface area contributed by atoms with Crippen LogP contribution in [0.5, 0.6) is 0 Å². The Hall–Kier alpha value is -3.01. The maximum Gasteiger partial charge on any atom is 0.230 e. The van der Waals surface area contributed by atoms with E-state index in [0.29, 0.717) is 0 Å². The maximum atomic E-state index is 2.47. The van der Waals surface area contributed by atoms with Gasteiger partial charge in [0, 0.05) is 35.2 Å². The minimum absolute atomic E-state index is 0.0607. The number of hydrogen-bond acceptors (Lipinski definition) is 1. The van der Waals surface area contributed by atoms with Crippen molar-refractivity contribution in [3.8, 4) is 11.3 Å². The second kappa shape index (κ2) is 8.51. The third kappa shape index (κ3) is 4.28. The Balaban J connectivity index is 1.66. The molecule has 0 saturated carbocycles. The van der Waals surface area contributed by atoms with Crippen molar-refractivity contribution in [3.05, 3.63) is 90.1 Å². The zero-order valence-corrected chi connectivity index (χ0v) is 24.9. The van der Waals surface area contributed by atoms with Crippen molar-refractivity contribution in [1.29, 1.82) is 0 Å². The molecule has 0 amide bonds. The first-order valence-electron chi connectivity index (χ1n) is 13.3. The van der Waals surface area contributed by atoms with Crippen molar-refractivity contribution in [2.75, 3.05) is 0 Å². The zero-order chi connectivity index (χ0) is 26.1. The summed E-state index contributed by atoms with van der Waals surface area (Å²) in [6.07, 6.45) is 2.24. The predicted octanol–water partition coefficient (Wildman–Crippen LogP) is 9.57. The number of aromatic nitrogens is 1. The number of aryl methyl sites for hydroxylation is 1. The molecule has 2 heterocycles. The van der Waals surface area contributed by atoms with Crippen LogP contribution in [-0.4, -0.2) is 8.07 Å². The lowest BCUT2D eigenvalue weighted by atomic mass is 9.82. The van der Waals surface area contributed by atoms with E-state index in [1.807, 2.05) is 11.3 Å². The molecule has 3 heteroatoms. The third-order valence-electron chi connectivity index (χ3n) is 7.49. The van der Waals surface area contributed by atoms with Crippen LogP contribution in [0.2, 0.25) is 19.6 Å². The molecule has 6 rings (SSSR count). The first-order chi connectivity index (χ1) is 17.5. The van der Waals surface area contributed by atoms with E-state index < -0.39 is 8.07 Å². The van der Waals surface area contributed by atoms with Gasteiger partial charge in [0.2, 0.25) is 5.69 Å². The van der Waals surface area contributed by atoms with Crippen LogP contribution in [0.4, 0.5) is 0 Å². The number of hydrogen-bond donors (Lipinski definition) is 0. The SMILES string of the molecule is C[n+]1ccc2c(sc3c4cc(C[Si](C)(C)C)ccc4ccc23)c1-c1cc(C(C)(C)C)c2ccccc2c1. The molecule has 0 aliphatic rings. The number of pyridine rings is 1. The van der Waals surface area contributed by atoms with E-state index in [2.05, 4.69) is 131 Å². The molecular weight excluding hydrogens is 483 g/mol. The quantitative estimate of drug-likeness (QED) is 0.162. The monoisotopic (exact) mass is 518 g/mol. The van der Waals surface area contributed by atoms with Gasteiger partial charge in [-0.15, -0.1) is 11.3 Å². The molecule has 0 N–H and O–H groups in total. The molecule has 0 unspecified atom stereocenters. The molecule has 0 atom stereocenters. The van der Waals surface area contributed by atoms with Gasteiger partial charge in [-0.2, -0.15) is 4.57 Å². The summed E-state index contributed by atoms with van der Waals surface area (Å²) in [6.45, 7) is 14.3. The van der Waals surface area contributed by atoms with Gasteiger partial charge in [0.1, 0.15) is 11.7 Å². The van der Waals surface area contributed by atoms with Gasteiger partial charge in [-0.25, -0.2) is 0 Å². The van der Waals surface area contributed by atoms with Crippen LogP contribution < -0.4 is 4.57 Å². The fourth-order valence-electron chi connectivity index (χ4n) is 5.83. The predicted molar refractivity (Wildman–Crippen MR) is 167 cm³/mol. The highest BCUT2D eigenvalue weighted by atomic mass is 32.1. The fourth-order valence-corrected chi connectivity index (χ4v) is 8.70. The number of thiophene rings is 1. The Morgan fingerprint density at radius 3 is 2.22 bits per heavy atom. The van der Waals surface area contributed by atoms with Gasteiger partial charge < -0.3 is 0 Å². The van der Waals surface area contributed by atoms with Crippen LogP contribution in [0.25, 0.3) is 53.0 Å². The molecule has 0 radical (unpaired) electrons. The molecule has 0 aliphatic heterocycles. The molecule has 0 bridgehead atoms. The van der Waals surface area contributed by atoms with Crippen LogP contribution in [0.1, 0.15) is 31.9 Å². The van der Waals surface area contributed by atoms with Gasteiger partial charge in [-0.05, 0) is 56.3 Å². The first kappa shape index (κ1) is 24.3. The van der Waals surface area contributed by atoms with Crippen LogP contribution in [0.3, 0.4) is 0 Å². The zero-order valence-electron chi connectivity index (χ0n) is 23.1. The lowest BCUT2D eigenvalue weighted by Crippen LogP contribution is -2.30. The van der Waals surface area contributed by atoms with Crippen molar-refractivity contribution >= 4 is 61.1 Å². The molecule has 186 valence electrons. The average molecular weight is 519 g/mol. The van der Waals surface area contributed by atoms with Gasteiger partial charge in [0.05, 0.1) is 0 Å². The molecule has 4 aromatic carbocycles. The van der Waals surface area contributed by atoms with Gasteiger partial charge in [0.25, 0.3) is 0 Å². The van der Waals surface area contributed by atoms with E-state index in [-0.39, 0.29) is 5.41 Å². The topological polar surface area (TPSA) is 3.88 Å². The highest BCUT2D eigenvalue weighted by molar-refractivity contribution is 7.27. The Bertz CT molecular complexity index is 1830. The van der Waals surface area contributed by atoms with Crippen LogP contribution in [-0.2, 0) is 18.5 Å². The Morgan fingerprint density at radius 2 is 1.46 bits per heavy atom. The summed E-state index contributed by atoms with van der Waals surface area (Å²) >= 11 is 1.96. The highest BCUT2D eigenvalue weighted by Crippen LogP contribution is 2.43. The largest absolute Gasteiger partial charge is 0.230 e. The first-order valence-corrected chi connectivity index (χ1v) is 17.8. The summed E-state index contributed by atoms with van der Waals surface area (Å²) in [5, 5.41) is 8.13. The van der Waals surface area contributed by atoms with Crippen molar-refractivity contribution in [2.24, 2.45) is 7.05 Å². The van der Waals surface area contributed by atoms with Crippen LogP contribution in [0.15, 0.2) is 79.0 Å². The van der Waals surface area contributed by atoms with Crippen molar-refractivity contribution in [3.63, 3.8) is 0 Å². The van der Waals surface area contributed by atoms with E-state index in [9.17, 15) is 0 Å². The normalized spacial score (nSPS) is 12.8. The molecule has 0 saturated heterocycles. The molecule has 37 heavy (non-hydrogen) atoms. The Kier molecular flexibility index (Phi) is 5.59. The fraction of sp³-hybridized carbons (Fsp3) is 0.265. The van der Waals surface area contributed by atoms with Gasteiger partial charge in [0.15, 0.2) is 6.20 Å². The summed E-state index contributed by atoms with van der Waals surface area (Å²) in [4.78, 5) is 0. The lowest BCUT2D eigenvalue weighted by Gasteiger charge is -2.22. The van der Waals surface area contributed by atoms with E-state index in [1.54, 1.807) is 0 Å². The van der Waals surface area contributed by atoms with E-state index in [0.717, 1.165) is 0 Å². The minimum Gasteiger partial charge on any atom is -0.200 e. The molecule has 2 aromatic heterocycles. The third-order valence-corrected chi connectivity index (χ3v) is 10.2. The molecule has 0 spiro atoms. The number of nitrogens with zero attached hydrogens (tertiary/aromatic N) is 1. The summed E-state index contributed by atoms with van der Waals surface area (Å²) < 4.78 is 5.10. The summed E-state index contributed by atoms with van der Waals surface area (Å²) in [7, 11) is 1.00. The Morgan fingerprint density at radius 1 is 0.730 bits per heavy atom. The van der Waals surface area contributed by atoms with Gasteiger partial charge in [-0.1, -0.05) is 95.0 Å². The minimum atomic E-state index is -1.19. The Labute approximate surface area is 225 Å². The van der Waals surface area contributed by atoms with Crippen molar-refractivity contribution < 1.29 is 4.57 Å². The molecule has 0 fully saturated rings. The van der Waals surface area contributed by atoms with Crippen LogP contribution in [0, 0.1) is 0 Å². The standard InChI is InChI=1S/C34H36NSSi/c1-34(2,3)30-20-25(19-24-10-8-9-11-26(24)30)31-33-28(16-17-35(31)4)27-15-14-23-13-12-22(21-37(5,6)7)18-29(23)32(27)36-33/h8-20H,21H2,1-7H3/q+1. The molecule has 0 aliphatic carbocycles. The molecular formula is C34H36NSSi+. The molecule has 6 aromatic rings. The number of benzene rings is 4. The van der Waals surface area contributed by atoms with E-state index in [4.69, 9.17) is 0 Å². The second-order valence-corrected chi connectivity index (χ2v) is 19.3. The average Bonchev–Trinajstić information content (AvgIpc) is 3.20. The van der Waals surface area contributed by atoms with Crippen molar-refractivity contribution in [2.45, 2.75) is 51.9 Å². The second-order valence-electron chi connectivity index (χ2n) is 12.9. The number of fused-ring (bicyclic) bond motifs is 6. The highest BCUT2D eigenvalue weighted by Gasteiger charge is 2.24. The smallest absolute Gasteiger partial charge is 0.200 e. The van der Waals surface area contributed by atoms with Gasteiger partial charge >= 0.3 is 0 Å². The molecule has 1 nitrogen and oxygen atoms in total.